The predicted octanol–water partition coefficient (Wildman–Crippen LogP) is 7.70. The van der Waals surface area contributed by atoms with Crippen LogP contribution in [-0.2, 0) is 0 Å². The summed E-state index contributed by atoms with van der Waals surface area (Å²) in [4.78, 5) is 0. The summed E-state index contributed by atoms with van der Waals surface area (Å²) in [5.74, 6) is 6.26. The first-order valence-electron chi connectivity index (χ1n) is 14.3. The quantitative estimate of drug-likeness (QED) is 0.286. The lowest BCUT2D eigenvalue weighted by Crippen LogP contribution is -2.56. The number of aliphatic hydroxyl groups excluding tert-OH is 1. The van der Waals surface area contributed by atoms with Crippen LogP contribution in [0.1, 0.15) is 112 Å². The lowest BCUT2D eigenvalue weighted by atomic mass is 9.42. The molecule has 0 aromatic rings. The number of hydrogen-bond acceptors (Lipinski definition) is 3. The van der Waals surface area contributed by atoms with Gasteiger partial charge in [0.1, 0.15) is 0 Å². The van der Waals surface area contributed by atoms with Crippen LogP contribution in [0.3, 0.4) is 0 Å². The SMILES string of the molecule is CC[C@H]1C[C@@H]2[C@H](CCC3(C)C([C@H](C)CCCNSC(C)C)CC[C@@H]23)C2(C)CC[C@@H](O)CC12. The van der Waals surface area contributed by atoms with Crippen LogP contribution in [0.15, 0.2) is 0 Å². The van der Waals surface area contributed by atoms with E-state index in [-0.39, 0.29) is 6.10 Å². The van der Waals surface area contributed by atoms with Gasteiger partial charge in [-0.1, -0.05) is 59.9 Å². The molecule has 0 aromatic carbocycles. The van der Waals surface area contributed by atoms with E-state index in [0.717, 1.165) is 60.8 Å². The van der Waals surface area contributed by atoms with Crippen LogP contribution in [-0.4, -0.2) is 23.0 Å². The molecule has 3 heteroatoms. The Morgan fingerprint density at radius 1 is 0.938 bits per heavy atom. The van der Waals surface area contributed by atoms with Crippen molar-refractivity contribution in [3.05, 3.63) is 0 Å². The van der Waals surface area contributed by atoms with E-state index in [4.69, 9.17) is 0 Å². The Labute approximate surface area is 204 Å². The van der Waals surface area contributed by atoms with Crippen LogP contribution >= 0.6 is 11.9 Å². The Morgan fingerprint density at radius 3 is 2.38 bits per heavy atom. The second-order valence-electron chi connectivity index (χ2n) is 13.2. The minimum atomic E-state index is -0.0299. The summed E-state index contributed by atoms with van der Waals surface area (Å²) in [6.07, 6.45) is 14.8. The number of fused-ring (bicyclic) bond motifs is 5. The molecule has 4 rings (SSSR count). The molecule has 186 valence electrons. The normalized spacial score (nSPS) is 47.1. The second-order valence-corrected chi connectivity index (χ2v) is 14.7. The molecule has 0 amide bonds. The van der Waals surface area contributed by atoms with Crippen molar-refractivity contribution < 1.29 is 5.11 Å². The average molecular weight is 464 g/mol. The Kier molecular flexibility index (Phi) is 8.00. The molecule has 0 radical (unpaired) electrons. The van der Waals surface area contributed by atoms with E-state index in [2.05, 4.69) is 46.3 Å². The highest BCUT2D eigenvalue weighted by atomic mass is 32.2. The molecule has 4 aliphatic carbocycles. The van der Waals surface area contributed by atoms with E-state index in [9.17, 15) is 5.11 Å². The summed E-state index contributed by atoms with van der Waals surface area (Å²) in [5.41, 5.74) is 1.07. The van der Waals surface area contributed by atoms with Crippen LogP contribution < -0.4 is 4.72 Å². The minimum Gasteiger partial charge on any atom is -0.393 e. The Morgan fingerprint density at radius 2 is 1.66 bits per heavy atom. The molecule has 4 saturated carbocycles. The summed E-state index contributed by atoms with van der Waals surface area (Å²) >= 11 is 1.89. The van der Waals surface area contributed by atoms with Crippen LogP contribution in [0.5, 0.6) is 0 Å². The van der Waals surface area contributed by atoms with Gasteiger partial charge in [0.2, 0.25) is 0 Å². The molecule has 0 aliphatic heterocycles. The molecule has 4 fully saturated rings. The summed E-state index contributed by atoms with van der Waals surface area (Å²) in [6.45, 7) is 16.1. The van der Waals surface area contributed by atoms with E-state index >= 15 is 0 Å². The summed E-state index contributed by atoms with van der Waals surface area (Å²) < 4.78 is 3.58. The van der Waals surface area contributed by atoms with E-state index < -0.39 is 0 Å². The number of aliphatic hydroxyl groups is 1. The molecular weight excluding hydrogens is 410 g/mol. The first kappa shape index (κ1) is 25.4. The second kappa shape index (κ2) is 10.1. The fraction of sp³-hybridized carbons (Fsp3) is 1.00. The highest BCUT2D eigenvalue weighted by Crippen LogP contribution is 2.69. The van der Waals surface area contributed by atoms with Gasteiger partial charge < -0.3 is 5.11 Å². The maximum Gasteiger partial charge on any atom is 0.0543 e. The van der Waals surface area contributed by atoms with Gasteiger partial charge in [0.05, 0.1) is 6.10 Å². The Bertz CT molecular complexity index is 624. The average Bonchev–Trinajstić information content (AvgIpc) is 3.10. The predicted molar refractivity (Wildman–Crippen MR) is 140 cm³/mol. The van der Waals surface area contributed by atoms with Crippen molar-refractivity contribution in [2.24, 2.45) is 52.3 Å². The highest BCUT2D eigenvalue weighted by molar-refractivity contribution is 7.97. The van der Waals surface area contributed by atoms with Gasteiger partial charge in [-0.25, -0.2) is 0 Å². The molecule has 0 aromatic heterocycles. The third kappa shape index (κ3) is 4.58. The first-order chi connectivity index (χ1) is 15.2. The van der Waals surface area contributed by atoms with Crippen molar-refractivity contribution in [2.75, 3.05) is 6.54 Å². The maximum absolute atomic E-state index is 10.5. The number of hydrogen-bond donors (Lipinski definition) is 2. The van der Waals surface area contributed by atoms with Gasteiger partial charge in [-0.2, -0.15) is 0 Å². The molecule has 0 saturated heterocycles. The zero-order valence-corrected chi connectivity index (χ0v) is 22.9. The topological polar surface area (TPSA) is 32.3 Å². The fourth-order valence-electron chi connectivity index (χ4n) is 9.83. The van der Waals surface area contributed by atoms with Crippen molar-refractivity contribution in [3.8, 4) is 0 Å². The first-order valence-corrected chi connectivity index (χ1v) is 15.1. The van der Waals surface area contributed by atoms with Gasteiger partial charge >= 0.3 is 0 Å². The van der Waals surface area contributed by atoms with Crippen LogP contribution in [0, 0.1) is 52.3 Å². The zero-order valence-electron chi connectivity index (χ0n) is 22.0. The zero-order chi connectivity index (χ0) is 23.1. The molecular formula is C29H53NOS. The molecule has 0 heterocycles. The minimum absolute atomic E-state index is 0.0299. The summed E-state index contributed by atoms with van der Waals surface area (Å²) in [7, 11) is 0. The van der Waals surface area contributed by atoms with Crippen LogP contribution in [0.4, 0.5) is 0 Å². The molecule has 4 unspecified atom stereocenters. The van der Waals surface area contributed by atoms with E-state index in [1.54, 1.807) is 0 Å². The van der Waals surface area contributed by atoms with Gasteiger partial charge in [-0.15, -0.1) is 0 Å². The van der Waals surface area contributed by atoms with E-state index in [0.29, 0.717) is 16.1 Å². The highest BCUT2D eigenvalue weighted by Gasteiger charge is 2.62. The van der Waals surface area contributed by atoms with Crippen molar-refractivity contribution in [1.82, 2.24) is 4.72 Å². The standard InChI is InChI=1S/C29H53NOS/c1-7-21-17-23-25-11-10-24(20(4)9-8-16-30-32-19(2)3)28(25,5)15-13-26(23)29(6)14-12-22(31)18-27(21)29/h19-27,30-31H,7-18H2,1-6H3/t20-,21+,22-,23+,24?,25+,26+,27?,28?,29?/m1/s1. The van der Waals surface area contributed by atoms with Crippen molar-refractivity contribution in [3.63, 3.8) is 0 Å². The molecule has 10 atom stereocenters. The van der Waals surface area contributed by atoms with Crippen LogP contribution in [0.25, 0.3) is 0 Å². The van der Waals surface area contributed by atoms with Crippen molar-refractivity contribution in [1.29, 1.82) is 0 Å². The maximum atomic E-state index is 10.5. The Hall–Kier alpha value is 0.270. The molecule has 2 N–H and O–H groups in total. The van der Waals surface area contributed by atoms with Gasteiger partial charge in [0.15, 0.2) is 0 Å². The fourth-order valence-corrected chi connectivity index (χ4v) is 10.4. The smallest absolute Gasteiger partial charge is 0.0543 e. The molecule has 2 nitrogen and oxygen atoms in total. The van der Waals surface area contributed by atoms with E-state index in [1.807, 2.05) is 11.9 Å². The van der Waals surface area contributed by atoms with Crippen LogP contribution in [0.2, 0.25) is 0 Å². The molecule has 0 spiro atoms. The van der Waals surface area contributed by atoms with Crippen molar-refractivity contribution >= 4 is 11.9 Å². The summed E-state index contributed by atoms with van der Waals surface area (Å²) in [6, 6.07) is 0. The van der Waals surface area contributed by atoms with Gasteiger partial charge in [0, 0.05) is 11.8 Å². The van der Waals surface area contributed by atoms with E-state index in [1.165, 1.54) is 57.8 Å². The third-order valence-corrected chi connectivity index (χ3v) is 12.2. The monoisotopic (exact) mass is 463 g/mol. The van der Waals surface area contributed by atoms with Gasteiger partial charge in [0.25, 0.3) is 0 Å². The third-order valence-electron chi connectivity index (χ3n) is 11.4. The lowest BCUT2D eigenvalue weighted by Gasteiger charge is -2.63. The molecule has 4 aliphatic rings. The largest absolute Gasteiger partial charge is 0.393 e. The van der Waals surface area contributed by atoms with Crippen molar-refractivity contribution in [2.45, 2.75) is 124 Å². The molecule has 32 heavy (non-hydrogen) atoms. The molecule has 0 bridgehead atoms. The lowest BCUT2D eigenvalue weighted by molar-refractivity contribution is -0.152. The van der Waals surface area contributed by atoms with Gasteiger partial charge in [-0.05, 0) is 116 Å². The Balaban J connectivity index is 1.43. The number of nitrogens with one attached hydrogen (secondary N) is 1. The summed E-state index contributed by atoms with van der Waals surface area (Å²) in [5, 5.41) is 11.2. The van der Waals surface area contributed by atoms with Gasteiger partial charge in [-0.3, -0.25) is 4.72 Å². The number of rotatable bonds is 8.